The van der Waals surface area contributed by atoms with Crippen molar-refractivity contribution in [3.05, 3.63) is 51.4 Å². The number of fused-ring (bicyclic) bond motifs is 1. The zero-order chi connectivity index (χ0) is 15.7. The average Bonchev–Trinajstić information content (AvgIpc) is 2.82. The van der Waals surface area contributed by atoms with E-state index in [4.69, 9.17) is 11.0 Å². The van der Waals surface area contributed by atoms with E-state index in [1.165, 1.54) is 16.9 Å². The number of hydrogen-bond donors (Lipinski definition) is 2. The van der Waals surface area contributed by atoms with Gasteiger partial charge in [0.1, 0.15) is 11.1 Å². The lowest BCUT2D eigenvalue weighted by Crippen LogP contribution is -2.33. The van der Waals surface area contributed by atoms with E-state index < -0.39 is 6.10 Å². The second-order valence-corrected chi connectivity index (χ2v) is 6.90. The number of β-amino-alcohol motifs (C(OH)–C–C–N with tert-alkyl or cyclic N) is 1. The first-order chi connectivity index (χ1) is 10.6. The lowest BCUT2D eigenvalue weighted by molar-refractivity contribution is 0.107. The molecule has 3 N–H and O–H groups in total. The van der Waals surface area contributed by atoms with Crippen LogP contribution in [0, 0.1) is 18.3 Å². The summed E-state index contributed by atoms with van der Waals surface area (Å²) in [5.74, 6) is 0. The molecule has 5 heteroatoms. The molecule has 1 aliphatic rings. The molecule has 114 valence electrons. The van der Waals surface area contributed by atoms with Gasteiger partial charge < -0.3 is 10.8 Å². The van der Waals surface area contributed by atoms with E-state index in [0.29, 0.717) is 17.1 Å². The molecule has 0 bridgehead atoms. The minimum absolute atomic E-state index is 0.491. The van der Waals surface area contributed by atoms with E-state index in [0.717, 1.165) is 35.5 Å². The SMILES string of the molecule is Cc1ccc(C(O)CN2CCc3c(sc(N)c3C#N)C2)cc1. The monoisotopic (exact) mass is 313 g/mol. The number of aryl methyl sites for hydroxylation is 1. The van der Waals surface area contributed by atoms with Crippen LogP contribution in [0.1, 0.15) is 33.2 Å². The predicted octanol–water partition coefficient (Wildman–Crippen LogP) is 2.60. The van der Waals surface area contributed by atoms with Gasteiger partial charge in [-0.25, -0.2) is 0 Å². The third-order valence-corrected chi connectivity index (χ3v) is 5.21. The molecule has 0 fully saturated rings. The summed E-state index contributed by atoms with van der Waals surface area (Å²) in [6.07, 6.45) is 0.335. The van der Waals surface area contributed by atoms with Crippen LogP contribution in [0.5, 0.6) is 0 Å². The Labute approximate surface area is 134 Å². The highest BCUT2D eigenvalue weighted by molar-refractivity contribution is 7.16. The van der Waals surface area contributed by atoms with Gasteiger partial charge in [0.2, 0.25) is 0 Å². The number of nitriles is 1. The van der Waals surface area contributed by atoms with Crippen LogP contribution in [0.15, 0.2) is 24.3 Å². The maximum atomic E-state index is 10.4. The number of nitrogen functional groups attached to an aromatic ring is 1. The topological polar surface area (TPSA) is 73.3 Å². The zero-order valence-corrected chi connectivity index (χ0v) is 13.4. The van der Waals surface area contributed by atoms with Gasteiger partial charge in [-0.3, -0.25) is 4.90 Å². The van der Waals surface area contributed by atoms with Gasteiger partial charge in [-0.2, -0.15) is 5.26 Å². The lowest BCUT2D eigenvalue weighted by Gasteiger charge is -2.28. The van der Waals surface area contributed by atoms with Crippen molar-refractivity contribution in [1.29, 1.82) is 5.26 Å². The van der Waals surface area contributed by atoms with E-state index in [1.807, 2.05) is 31.2 Å². The molecule has 1 aromatic carbocycles. The molecule has 0 aliphatic carbocycles. The molecule has 2 aromatic rings. The summed E-state index contributed by atoms with van der Waals surface area (Å²) in [5.41, 5.74) is 9.80. The number of aliphatic hydroxyl groups is 1. The second-order valence-electron chi connectivity index (χ2n) is 5.77. The fourth-order valence-corrected chi connectivity index (χ4v) is 4.01. The van der Waals surface area contributed by atoms with E-state index >= 15 is 0 Å². The Bertz CT molecular complexity index is 715. The quantitative estimate of drug-likeness (QED) is 0.913. The van der Waals surface area contributed by atoms with E-state index in [2.05, 4.69) is 11.0 Å². The largest absolute Gasteiger partial charge is 0.389 e. The number of benzene rings is 1. The Hall–Kier alpha value is -1.87. The number of hydrogen-bond acceptors (Lipinski definition) is 5. The number of rotatable bonds is 3. The van der Waals surface area contributed by atoms with Crippen molar-refractivity contribution < 1.29 is 5.11 Å². The van der Waals surface area contributed by atoms with E-state index in [-0.39, 0.29) is 0 Å². The van der Waals surface area contributed by atoms with Crippen molar-refractivity contribution in [2.24, 2.45) is 0 Å². The summed E-state index contributed by atoms with van der Waals surface area (Å²) < 4.78 is 0. The van der Waals surface area contributed by atoms with Gasteiger partial charge in [-0.05, 0) is 24.5 Å². The van der Waals surface area contributed by atoms with Gasteiger partial charge >= 0.3 is 0 Å². The van der Waals surface area contributed by atoms with Gasteiger partial charge in [0, 0.05) is 24.5 Å². The van der Waals surface area contributed by atoms with Crippen LogP contribution in [-0.2, 0) is 13.0 Å². The van der Waals surface area contributed by atoms with Crippen LogP contribution in [0.2, 0.25) is 0 Å². The van der Waals surface area contributed by atoms with Crippen LogP contribution in [-0.4, -0.2) is 23.1 Å². The Morgan fingerprint density at radius 2 is 2.14 bits per heavy atom. The van der Waals surface area contributed by atoms with Crippen LogP contribution in [0.3, 0.4) is 0 Å². The fraction of sp³-hybridized carbons (Fsp3) is 0.353. The maximum Gasteiger partial charge on any atom is 0.104 e. The Kier molecular flexibility index (Phi) is 4.16. The third kappa shape index (κ3) is 2.86. The van der Waals surface area contributed by atoms with Crippen LogP contribution in [0.4, 0.5) is 5.00 Å². The molecule has 22 heavy (non-hydrogen) atoms. The number of aliphatic hydroxyl groups excluding tert-OH is 1. The zero-order valence-electron chi connectivity index (χ0n) is 12.5. The fourth-order valence-electron chi connectivity index (χ4n) is 2.89. The summed E-state index contributed by atoms with van der Waals surface area (Å²) in [5, 5.41) is 20.2. The van der Waals surface area contributed by atoms with Crippen molar-refractivity contribution in [3.8, 4) is 6.07 Å². The minimum atomic E-state index is -0.491. The molecule has 0 spiro atoms. The standard InChI is InChI=1S/C17H19N3OS/c1-11-2-4-12(5-3-11)15(21)9-20-7-6-13-14(8-18)17(19)22-16(13)10-20/h2-5,15,21H,6-7,9-10,19H2,1H3. The molecule has 2 heterocycles. The van der Waals surface area contributed by atoms with Crippen molar-refractivity contribution in [1.82, 2.24) is 4.90 Å². The van der Waals surface area contributed by atoms with Gasteiger partial charge in [0.25, 0.3) is 0 Å². The summed E-state index contributed by atoms with van der Waals surface area (Å²) >= 11 is 1.50. The van der Waals surface area contributed by atoms with Crippen molar-refractivity contribution >= 4 is 16.3 Å². The molecule has 1 unspecified atom stereocenters. The smallest absolute Gasteiger partial charge is 0.104 e. The number of thiophene rings is 1. The number of nitrogens with zero attached hydrogens (tertiary/aromatic N) is 2. The van der Waals surface area contributed by atoms with Crippen molar-refractivity contribution in [3.63, 3.8) is 0 Å². The van der Waals surface area contributed by atoms with Crippen molar-refractivity contribution in [2.45, 2.75) is 26.0 Å². The molecule has 3 rings (SSSR count). The lowest BCUT2D eigenvalue weighted by atomic mass is 10.0. The van der Waals surface area contributed by atoms with E-state index in [9.17, 15) is 5.11 Å². The van der Waals surface area contributed by atoms with Gasteiger partial charge in [0.05, 0.1) is 11.7 Å². The molecule has 0 saturated carbocycles. The summed E-state index contributed by atoms with van der Waals surface area (Å²) in [6.45, 7) is 4.24. The summed E-state index contributed by atoms with van der Waals surface area (Å²) in [7, 11) is 0. The highest BCUT2D eigenvalue weighted by atomic mass is 32.1. The van der Waals surface area contributed by atoms with Gasteiger partial charge in [-0.15, -0.1) is 11.3 Å². The first-order valence-electron chi connectivity index (χ1n) is 7.35. The van der Waals surface area contributed by atoms with Crippen LogP contribution in [0.25, 0.3) is 0 Å². The van der Waals surface area contributed by atoms with Gasteiger partial charge in [-0.1, -0.05) is 29.8 Å². The number of nitrogens with two attached hydrogens (primary N) is 1. The summed E-state index contributed by atoms with van der Waals surface area (Å²) in [6, 6.07) is 10.2. The molecule has 1 aromatic heterocycles. The van der Waals surface area contributed by atoms with Crippen molar-refractivity contribution in [2.75, 3.05) is 18.8 Å². The molecule has 1 aliphatic heterocycles. The Balaban J connectivity index is 1.70. The third-order valence-electron chi connectivity index (χ3n) is 4.17. The highest BCUT2D eigenvalue weighted by Gasteiger charge is 2.24. The maximum absolute atomic E-state index is 10.4. The van der Waals surface area contributed by atoms with E-state index in [1.54, 1.807) is 0 Å². The molecular weight excluding hydrogens is 294 g/mol. The molecule has 4 nitrogen and oxygen atoms in total. The minimum Gasteiger partial charge on any atom is -0.389 e. The molecule has 1 atom stereocenters. The first-order valence-corrected chi connectivity index (χ1v) is 8.17. The van der Waals surface area contributed by atoms with Crippen LogP contribution >= 0.6 is 11.3 Å². The van der Waals surface area contributed by atoms with Gasteiger partial charge in [0.15, 0.2) is 0 Å². The first kappa shape index (κ1) is 15.0. The summed E-state index contributed by atoms with van der Waals surface area (Å²) in [4.78, 5) is 3.39. The molecular formula is C17H19N3OS. The van der Waals surface area contributed by atoms with Crippen LogP contribution < -0.4 is 5.73 Å². The Morgan fingerprint density at radius 1 is 1.41 bits per heavy atom. The Morgan fingerprint density at radius 3 is 2.82 bits per heavy atom. The molecule has 0 amide bonds. The predicted molar refractivity (Wildman–Crippen MR) is 88.6 cm³/mol. The average molecular weight is 313 g/mol. The normalized spacial score (nSPS) is 16.0. The second kappa shape index (κ2) is 6.09. The number of anilines is 1. The highest BCUT2D eigenvalue weighted by Crippen LogP contribution is 2.34. The molecule has 0 saturated heterocycles. The molecule has 0 radical (unpaired) electrons.